The predicted molar refractivity (Wildman–Crippen MR) is 316 cm³/mol. The maximum absolute atomic E-state index is 11.7. The van der Waals surface area contributed by atoms with Crippen LogP contribution in [0.5, 0.6) is 0 Å². The van der Waals surface area contributed by atoms with Crippen molar-refractivity contribution in [3.8, 4) is 62.6 Å². The second-order valence-corrected chi connectivity index (χ2v) is 24.5. The molecule has 0 spiro atoms. The molecule has 368 valence electrons. The molecular formula is C66H63NO2S4. The second-order valence-electron chi connectivity index (χ2n) is 20.2. The molecule has 4 aromatic heterocycles. The summed E-state index contributed by atoms with van der Waals surface area (Å²) in [6.45, 7) is 9.36. The van der Waals surface area contributed by atoms with Gasteiger partial charge in [-0.25, -0.2) is 0 Å². The molecule has 3 nitrogen and oxygen atoms in total. The first kappa shape index (κ1) is 49.3. The van der Waals surface area contributed by atoms with Gasteiger partial charge in [-0.05, 0) is 155 Å². The molecule has 0 saturated heterocycles. The van der Waals surface area contributed by atoms with Crippen molar-refractivity contribution in [2.45, 2.75) is 116 Å². The molecular weight excluding hydrogens is 967 g/mol. The topological polar surface area (TPSA) is 37.4 Å². The van der Waals surface area contributed by atoms with Crippen LogP contribution in [0.3, 0.4) is 0 Å². The lowest BCUT2D eigenvalue weighted by atomic mass is 9.70. The van der Waals surface area contributed by atoms with Gasteiger partial charge in [0, 0.05) is 57.8 Å². The highest BCUT2D eigenvalue weighted by Gasteiger charge is 2.44. The van der Waals surface area contributed by atoms with Crippen LogP contribution in [-0.2, 0) is 10.8 Å². The van der Waals surface area contributed by atoms with Crippen molar-refractivity contribution in [2.75, 3.05) is 4.90 Å². The number of hydrogen-bond acceptors (Lipinski definition) is 7. The average Bonchev–Trinajstić information content (AvgIpc) is 4.32. The largest absolute Gasteiger partial charge is 0.310 e. The number of benzene rings is 5. The zero-order valence-electron chi connectivity index (χ0n) is 42.5. The second kappa shape index (κ2) is 21.1. The summed E-state index contributed by atoms with van der Waals surface area (Å²) in [6, 6.07) is 57.3. The van der Waals surface area contributed by atoms with Gasteiger partial charge in [0.25, 0.3) is 0 Å². The molecule has 0 amide bonds. The van der Waals surface area contributed by atoms with E-state index in [1.54, 1.807) is 11.3 Å². The van der Waals surface area contributed by atoms with Crippen molar-refractivity contribution in [3.63, 3.8) is 0 Å². The fourth-order valence-corrected chi connectivity index (χ4v) is 16.4. The minimum Gasteiger partial charge on any atom is -0.310 e. The molecule has 0 atom stereocenters. The van der Waals surface area contributed by atoms with Crippen molar-refractivity contribution >= 4 is 75.0 Å². The zero-order valence-corrected chi connectivity index (χ0v) is 45.7. The van der Waals surface area contributed by atoms with Crippen molar-refractivity contribution in [1.29, 1.82) is 0 Å². The van der Waals surface area contributed by atoms with Gasteiger partial charge in [-0.15, -0.1) is 45.3 Å². The van der Waals surface area contributed by atoms with Gasteiger partial charge in [-0.3, -0.25) is 9.59 Å². The van der Waals surface area contributed by atoms with Crippen molar-refractivity contribution in [3.05, 3.63) is 184 Å². The molecule has 7 heteroatoms. The number of nitrogens with zero attached hydrogens (tertiary/aromatic N) is 1. The Hall–Kier alpha value is -5.96. The molecule has 4 heterocycles. The Morgan fingerprint density at radius 1 is 0.384 bits per heavy atom. The number of anilines is 3. The number of fused-ring (bicyclic) bond motifs is 6. The van der Waals surface area contributed by atoms with Gasteiger partial charge >= 0.3 is 0 Å². The van der Waals surface area contributed by atoms with E-state index in [9.17, 15) is 9.59 Å². The van der Waals surface area contributed by atoms with E-state index < -0.39 is 0 Å². The quantitative estimate of drug-likeness (QED) is 0.0673. The summed E-state index contributed by atoms with van der Waals surface area (Å²) in [6.07, 6.45) is 16.0. The normalized spacial score (nSPS) is 13.6. The smallest absolute Gasteiger partial charge is 0.160 e. The van der Waals surface area contributed by atoms with E-state index in [0.717, 1.165) is 64.1 Å². The highest BCUT2D eigenvalue weighted by atomic mass is 32.1. The maximum Gasteiger partial charge on any atom is 0.160 e. The summed E-state index contributed by atoms with van der Waals surface area (Å²) < 4.78 is 0. The van der Waals surface area contributed by atoms with Crippen LogP contribution < -0.4 is 4.90 Å². The standard InChI is InChI=1S/C66H63NO2S4/c1-5-9-35-65(36-10-6-2)55-19-15-13-17-50(55)52-29-25-46(39-57(52)65)67(47-26-30-53-51-18-14-16-20-56(51)66(37-11-7-3,38-12-8-4)58(53)40-47)45-23-21-44(22-24-45)59-33-34-61(72-59)63-41-54(60-31-27-48(42-68)70-60)64(73-63)62-32-28-49(43-69)71-62/h13-34,39-43H,5-12,35-38H2,1-4H3. The van der Waals surface area contributed by atoms with Crippen LogP contribution in [0.15, 0.2) is 152 Å². The van der Waals surface area contributed by atoms with Gasteiger partial charge in [0.15, 0.2) is 12.6 Å². The number of carbonyl (C=O) groups excluding carboxylic acids is 2. The Bertz CT molecular complexity index is 3230. The summed E-state index contributed by atoms with van der Waals surface area (Å²) in [7, 11) is 0. The van der Waals surface area contributed by atoms with Crippen LogP contribution in [-0.4, -0.2) is 12.6 Å². The van der Waals surface area contributed by atoms with E-state index in [1.807, 2.05) is 35.6 Å². The Labute approximate surface area is 448 Å². The first-order chi connectivity index (χ1) is 35.9. The van der Waals surface area contributed by atoms with Gasteiger partial charge in [0.1, 0.15) is 0 Å². The van der Waals surface area contributed by atoms with Crippen LogP contribution in [0, 0.1) is 0 Å². The summed E-state index contributed by atoms with van der Waals surface area (Å²) in [4.78, 5) is 34.2. The Kier molecular flexibility index (Phi) is 14.2. The minimum atomic E-state index is -0.0239. The summed E-state index contributed by atoms with van der Waals surface area (Å²) >= 11 is 6.58. The summed E-state index contributed by atoms with van der Waals surface area (Å²) in [5.41, 5.74) is 17.4. The lowest BCUT2D eigenvalue weighted by Gasteiger charge is -2.35. The van der Waals surface area contributed by atoms with Gasteiger partial charge in [-0.1, -0.05) is 152 Å². The van der Waals surface area contributed by atoms with E-state index in [2.05, 4.69) is 160 Å². The zero-order chi connectivity index (χ0) is 50.1. The minimum absolute atomic E-state index is 0.0239. The van der Waals surface area contributed by atoms with Crippen LogP contribution in [0.25, 0.3) is 62.6 Å². The third kappa shape index (κ3) is 8.84. The lowest BCUT2D eigenvalue weighted by Crippen LogP contribution is -2.26. The highest BCUT2D eigenvalue weighted by Crippen LogP contribution is 2.58. The monoisotopic (exact) mass is 1030 g/mol. The van der Waals surface area contributed by atoms with Crippen molar-refractivity contribution in [1.82, 2.24) is 0 Å². The molecule has 11 rings (SSSR count). The average molecular weight is 1030 g/mol. The lowest BCUT2D eigenvalue weighted by molar-refractivity contribution is 0.111. The Morgan fingerprint density at radius 2 is 0.836 bits per heavy atom. The molecule has 73 heavy (non-hydrogen) atoms. The van der Waals surface area contributed by atoms with Gasteiger partial charge in [-0.2, -0.15) is 0 Å². The predicted octanol–water partition coefficient (Wildman–Crippen LogP) is 21.0. The van der Waals surface area contributed by atoms with Crippen LogP contribution in [0.1, 0.15) is 146 Å². The van der Waals surface area contributed by atoms with Crippen LogP contribution >= 0.6 is 45.3 Å². The Balaban J connectivity index is 1.02. The first-order valence-electron chi connectivity index (χ1n) is 26.6. The third-order valence-electron chi connectivity index (χ3n) is 15.8. The van der Waals surface area contributed by atoms with Crippen molar-refractivity contribution < 1.29 is 9.59 Å². The van der Waals surface area contributed by atoms with E-state index in [4.69, 9.17) is 0 Å². The number of carbonyl (C=O) groups is 2. The number of thiophene rings is 4. The number of unbranched alkanes of at least 4 members (excludes halogenated alkanes) is 4. The van der Waals surface area contributed by atoms with Crippen LogP contribution in [0.4, 0.5) is 17.1 Å². The molecule has 2 aliphatic carbocycles. The number of aldehydes is 2. The van der Waals surface area contributed by atoms with Crippen molar-refractivity contribution in [2.24, 2.45) is 0 Å². The number of rotatable bonds is 21. The molecule has 0 N–H and O–H groups in total. The van der Waals surface area contributed by atoms with Crippen LogP contribution in [0.2, 0.25) is 0 Å². The van der Waals surface area contributed by atoms with E-state index in [-0.39, 0.29) is 10.8 Å². The Morgan fingerprint density at radius 3 is 1.34 bits per heavy atom. The van der Waals surface area contributed by atoms with Gasteiger partial charge < -0.3 is 4.90 Å². The molecule has 0 saturated carbocycles. The molecule has 5 aromatic carbocycles. The molecule has 0 unspecified atom stereocenters. The summed E-state index contributed by atoms with van der Waals surface area (Å²) in [5.74, 6) is 0. The first-order valence-corrected chi connectivity index (χ1v) is 29.9. The molecule has 0 bridgehead atoms. The molecule has 9 aromatic rings. The van der Waals surface area contributed by atoms with Gasteiger partial charge in [0.2, 0.25) is 0 Å². The van der Waals surface area contributed by atoms with E-state index in [0.29, 0.717) is 9.75 Å². The molecule has 0 fully saturated rings. The van der Waals surface area contributed by atoms with E-state index >= 15 is 0 Å². The SMILES string of the molecule is CCCCC1(CCCC)c2ccccc2-c2ccc(N(c3ccc(-c4ccc(-c5cc(-c6ccc(C=O)s6)c(-c6ccc(C=O)s6)s5)s4)cc3)c3ccc4c(c3)C(CCCC)(CCCC)c3ccccc3-4)cc21. The summed E-state index contributed by atoms with van der Waals surface area (Å²) in [5, 5.41) is 0. The third-order valence-corrected chi connectivity index (χ3v) is 20.5. The molecule has 0 aliphatic heterocycles. The van der Waals surface area contributed by atoms with E-state index in [1.165, 1.54) is 150 Å². The maximum atomic E-state index is 11.7. The highest BCUT2D eigenvalue weighted by molar-refractivity contribution is 7.28. The molecule has 0 radical (unpaired) electrons. The molecule has 2 aliphatic rings. The fourth-order valence-electron chi connectivity index (χ4n) is 12.2. The number of hydrogen-bond donors (Lipinski definition) is 0. The fraction of sp³-hybridized carbons (Fsp3) is 0.273. The van der Waals surface area contributed by atoms with Gasteiger partial charge in [0.05, 0.1) is 14.6 Å².